The van der Waals surface area contributed by atoms with E-state index in [1.165, 1.54) is 0 Å². The lowest BCUT2D eigenvalue weighted by molar-refractivity contribution is -0.142. The molecule has 112 valence electrons. The Bertz CT molecular complexity index is 308. The number of carbonyl (C=O) groups is 2. The maximum absolute atomic E-state index is 11.7. The lowest BCUT2D eigenvalue weighted by Crippen LogP contribution is -2.47. The molecule has 0 aliphatic heterocycles. The minimum Gasteiger partial charge on any atom is -0.481 e. The van der Waals surface area contributed by atoms with E-state index in [0.717, 1.165) is 0 Å². The summed E-state index contributed by atoms with van der Waals surface area (Å²) >= 11 is 0. The van der Waals surface area contributed by atoms with Gasteiger partial charge in [0.2, 0.25) is 0 Å². The van der Waals surface area contributed by atoms with Gasteiger partial charge in [-0.15, -0.1) is 0 Å². The third-order valence-electron chi connectivity index (χ3n) is 3.26. The van der Waals surface area contributed by atoms with Crippen LogP contribution in [0, 0.1) is 17.3 Å². The molecule has 0 aromatic heterocycles. The molecule has 0 saturated carbocycles. The Kier molecular flexibility index (Phi) is 6.87. The number of carboxylic acids is 1. The number of amides is 2. The van der Waals surface area contributed by atoms with Crippen LogP contribution < -0.4 is 10.6 Å². The molecular formula is C14H28N2O3. The first-order valence-corrected chi connectivity index (χ1v) is 6.81. The monoisotopic (exact) mass is 272 g/mol. The molecule has 0 heterocycles. The summed E-state index contributed by atoms with van der Waals surface area (Å²) in [6.07, 6.45) is 0.560. The van der Waals surface area contributed by atoms with Crippen LogP contribution >= 0.6 is 0 Å². The summed E-state index contributed by atoms with van der Waals surface area (Å²) in [6, 6.07) is -0.293. The van der Waals surface area contributed by atoms with Gasteiger partial charge >= 0.3 is 12.0 Å². The number of carboxylic acid groups (broad SMARTS) is 1. The Morgan fingerprint density at radius 1 is 1.16 bits per heavy atom. The van der Waals surface area contributed by atoms with Crippen LogP contribution in [0.1, 0.15) is 48.0 Å². The molecule has 0 bridgehead atoms. The van der Waals surface area contributed by atoms with E-state index in [2.05, 4.69) is 10.6 Å². The highest BCUT2D eigenvalue weighted by molar-refractivity contribution is 5.76. The second kappa shape index (κ2) is 7.36. The van der Waals surface area contributed by atoms with Crippen LogP contribution in [-0.4, -0.2) is 29.7 Å². The van der Waals surface area contributed by atoms with Gasteiger partial charge in [-0.2, -0.15) is 0 Å². The molecule has 0 aromatic rings. The lowest BCUT2D eigenvalue weighted by atomic mass is 9.88. The molecule has 0 aromatic carbocycles. The van der Waals surface area contributed by atoms with Crippen molar-refractivity contribution in [3.63, 3.8) is 0 Å². The number of hydrogen-bond donors (Lipinski definition) is 3. The number of carbonyl (C=O) groups excluding carboxylic acids is 1. The summed E-state index contributed by atoms with van der Waals surface area (Å²) in [5.74, 6) is -1.10. The summed E-state index contributed by atoms with van der Waals surface area (Å²) < 4.78 is 0. The fourth-order valence-corrected chi connectivity index (χ4v) is 1.52. The van der Waals surface area contributed by atoms with Gasteiger partial charge in [0.05, 0.1) is 5.92 Å². The molecule has 0 rings (SSSR count). The second-order valence-corrected chi connectivity index (χ2v) is 6.61. The number of aliphatic carboxylic acids is 1. The van der Waals surface area contributed by atoms with E-state index in [9.17, 15) is 9.59 Å². The van der Waals surface area contributed by atoms with E-state index in [0.29, 0.717) is 12.3 Å². The minimum atomic E-state index is -0.863. The van der Waals surface area contributed by atoms with Crippen LogP contribution in [0.25, 0.3) is 0 Å². The van der Waals surface area contributed by atoms with Gasteiger partial charge in [-0.1, -0.05) is 34.6 Å². The van der Waals surface area contributed by atoms with Gasteiger partial charge in [-0.3, -0.25) is 4.79 Å². The first-order chi connectivity index (χ1) is 8.54. The predicted molar refractivity (Wildman–Crippen MR) is 76.0 cm³/mol. The van der Waals surface area contributed by atoms with Crippen molar-refractivity contribution in [3.05, 3.63) is 0 Å². The molecule has 19 heavy (non-hydrogen) atoms. The van der Waals surface area contributed by atoms with Crippen molar-refractivity contribution >= 4 is 12.0 Å². The Balaban J connectivity index is 4.23. The van der Waals surface area contributed by atoms with Crippen molar-refractivity contribution in [3.8, 4) is 0 Å². The van der Waals surface area contributed by atoms with Crippen molar-refractivity contribution in [2.75, 3.05) is 6.54 Å². The fourth-order valence-electron chi connectivity index (χ4n) is 1.52. The van der Waals surface area contributed by atoms with Crippen LogP contribution in [0.5, 0.6) is 0 Å². The van der Waals surface area contributed by atoms with E-state index >= 15 is 0 Å². The van der Waals surface area contributed by atoms with Gasteiger partial charge in [0, 0.05) is 12.6 Å². The highest BCUT2D eigenvalue weighted by atomic mass is 16.4. The van der Waals surface area contributed by atoms with Gasteiger partial charge in [0.25, 0.3) is 0 Å². The van der Waals surface area contributed by atoms with Crippen molar-refractivity contribution in [1.29, 1.82) is 0 Å². The predicted octanol–water partition coefficient (Wildman–Crippen LogP) is 2.47. The Labute approximate surface area is 116 Å². The summed E-state index contributed by atoms with van der Waals surface area (Å²) in [6.45, 7) is 12.2. The molecule has 0 aliphatic carbocycles. The van der Waals surface area contributed by atoms with E-state index in [1.54, 1.807) is 0 Å². The van der Waals surface area contributed by atoms with Crippen molar-refractivity contribution in [1.82, 2.24) is 10.6 Å². The van der Waals surface area contributed by atoms with Crippen LogP contribution in [0.2, 0.25) is 0 Å². The van der Waals surface area contributed by atoms with Crippen molar-refractivity contribution < 1.29 is 14.7 Å². The molecule has 0 aliphatic rings. The molecule has 2 atom stereocenters. The summed E-state index contributed by atoms with van der Waals surface area (Å²) in [5.41, 5.74) is -0.0263. The summed E-state index contributed by atoms with van der Waals surface area (Å²) in [5, 5.41) is 14.5. The molecule has 0 spiro atoms. The second-order valence-electron chi connectivity index (χ2n) is 6.61. The van der Waals surface area contributed by atoms with Gasteiger partial charge in [-0.25, -0.2) is 4.79 Å². The smallest absolute Gasteiger partial charge is 0.315 e. The molecule has 5 nitrogen and oxygen atoms in total. The third-order valence-corrected chi connectivity index (χ3v) is 3.26. The summed E-state index contributed by atoms with van der Waals surface area (Å²) in [7, 11) is 0. The maximum Gasteiger partial charge on any atom is 0.315 e. The maximum atomic E-state index is 11.7. The van der Waals surface area contributed by atoms with Gasteiger partial charge in [0.15, 0.2) is 0 Å². The zero-order valence-electron chi connectivity index (χ0n) is 12.9. The number of nitrogens with one attached hydrogen (secondary N) is 2. The zero-order valence-corrected chi connectivity index (χ0v) is 12.9. The Hall–Kier alpha value is -1.26. The molecule has 0 fully saturated rings. The highest BCUT2D eigenvalue weighted by Gasteiger charge is 2.23. The van der Waals surface area contributed by atoms with Crippen molar-refractivity contribution in [2.24, 2.45) is 17.3 Å². The Morgan fingerprint density at radius 3 is 2.05 bits per heavy atom. The average Bonchev–Trinajstić information content (AvgIpc) is 2.21. The SMILES string of the molecule is CC(C)CC(CNC(=O)NC(C)C(C)(C)C)C(=O)O. The third kappa shape index (κ3) is 7.70. The highest BCUT2D eigenvalue weighted by Crippen LogP contribution is 2.18. The standard InChI is InChI=1S/C14H28N2O3/c1-9(2)7-11(12(17)18)8-15-13(19)16-10(3)14(4,5)6/h9-11H,7-8H2,1-6H3,(H,17,18)(H2,15,16,19). The zero-order chi connectivity index (χ0) is 15.2. The molecule has 2 unspecified atom stereocenters. The summed E-state index contributed by atoms with van der Waals surface area (Å²) in [4.78, 5) is 22.8. The molecule has 3 N–H and O–H groups in total. The molecule has 2 amide bonds. The molecular weight excluding hydrogens is 244 g/mol. The first kappa shape index (κ1) is 17.7. The van der Waals surface area contributed by atoms with Gasteiger partial charge in [0.1, 0.15) is 0 Å². The van der Waals surface area contributed by atoms with Crippen LogP contribution in [0.15, 0.2) is 0 Å². The fraction of sp³-hybridized carbons (Fsp3) is 0.857. The Morgan fingerprint density at radius 2 is 1.68 bits per heavy atom. The van der Waals surface area contributed by atoms with Crippen LogP contribution in [-0.2, 0) is 4.79 Å². The topological polar surface area (TPSA) is 78.4 Å². The average molecular weight is 272 g/mol. The lowest BCUT2D eigenvalue weighted by Gasteiger charge is -2.28. The normalized spacial score (nSPS) is 14.9. The van der Waals surface area contributed by atoms with E-state index in [-0.39, 0.29) is 24.0 Å². The molecule has 5 heteroatoms. The van der Waals surface area contributed by atoms with E-state index in [4.69, 9.17) is 5.11 Å². The van der Waals surface area contributed by atoms with Gasteiger partial charge < -0.3 is 15.7 Å². The van der Waals surface area contributed by atoms with E-state index < -0.39 is 11.9 Å². The number of hydrogen-bond acceptors (Lipinski definition) is 2. The van der Waals surface area contributed by atoms with Crippen LogP contribution in [0.4, 0.5) is 4.79 Å². The number of rotatable bonds is 6. The van der Waals surface area contributed by atoms with Gasteiger partial charge in [-0.05, 0) is 24.7 Å². The quantitative estimate of drug-likeness (QED) is 0.695. The van der Waals surface area contributed by atoms with Crippen molar-refractivity contribution in [2.45, 2.75) is 54.0 Å². The largest absolute Gasteiger partial charge is 0.481 e. The van der Waals surface area contributed by atoms with Crippen LogP contribution in [0.3, 0.4) is 0 Å². The van der Waals surface area contributed by atoms with E-state index in [1.807, 2.05) is 41.5 Å². The minimum absolute atomic E-state index is 0.0147. The molecule has 0 radical (unpaired) electrons. The molecule has 0 saturated heterocycles. The first-order valence-electron chi connectivity index (χ1n) is 6.81. The number of urea groups is 1.